The number of sulfone groups is 1. The fraction of sp³-hybridized carbons (Fsp3) is 0.500. The number of carbonyl (C=O) groups excluding carboxylic acids is 3. The molecule has 0 radical (unpaired) electrons. The van der Waals surface area contributed by atoms with E-state index in [0.717, 1.165) is 11.1 Å². The van der Waals surface area contributed by atoms with Gasteiger partial charge in [0.05, 0.1) is 11.5 Å². The molecule has 3 heterocycles. The Hall–Kier alpha value is -2.30. The molecule has 0 aromatic heterocycles. The SMILES string of the molecule is NC1CS(=O)(=O)CC1NCc1cccc2c1C(=O)N(C1CCC(=O)NC1=O)C2. The highest BCUT2D eigenvalue weighted by molar-refractivity contribution is 7.91. The Bertz CT molecular complexity index is 961. The topological polar surface area (TPSA) is 139 Å². The molecule has 3 atom stereocenters. The number of amides is 3. The van der Waals surface area contributed by atoms with Crippen LogP contribution in [0.25, 0.3) is 0 Å². The predicted molar refractivity (Wildman–Crippen MR) is 99.7 cm³/mol. The van der Waals surface area contributed by atoms with Crippen molar-refractivity contribution in [2.75, 3.05) is 11.5 Å². The van der Waals surface area contributed by atoms with E-state index in [4.69, 9.17) is 5.73 Å². The number of hydrogen-bond donors (Lipinski definition) is 3. The average Bonchev–Trinajstić information content (AvgIpc) is 3.09. The van der Waals surface area contributed by atoms with Crippen LogP contribution in [0.3, 0.4) is 0 Å². The highest BCUT2D eigenvalue weighted by atomic mass is 32.2. The first kappa shape index (κ1) is 19.0. The van der Waals surface area contributed by atoms with Gasteiger partial charge in [-0.1, -0.05) is 18.2 Å². The molecule has 150 valence electrons. The molecule has 10 heteroatoms. The van der Waals surface area contributed by atoms with Crippen molar-refractivity contribution < 1.29 is 22.8 Å². The van der Waals surface area contributed by atoms with Crippen LogP contribution in [0, 0.1) is 0 Å². The van der Waals surface area contributed by atoms with Crippen molar-refractivity contribution in [2.45, 2.75) is 44.1 Å². The van der Waals surface area contributed by atoms with E-state index in [-0.39, 0.29) is 35.8 Å². The van der Waals surface area contributed by atoms with Gasteiger partial charge in [0.2, 0.25) is 11.8 Å². The molecule has 1 aromatic rings. The molecular formula is C18H22N4O5S. The van der Waals surface area contributed by atoms with Gasteiger partial charge in [0.25, 0.3) is 5.91 Å². The minimum absolute atomic E-state index is 0.0143. The molecule has 28 heavy (non-hydrogen) atoms. The molecule has 0 bridgehead atoms. The zero-order valence-electron chi connectivity index (χ0n) is 15.2. The number of fused-ring (bicyclic) bond motifs is 1. The van der Waals surface area contributed by atoms with Crippen LogP contribution in [-0.2, 0) is 32.5 Å². The third-order valence-corrected chi connectivity index (χ3v) is 7.35. The summed E-state index contributed by atoms with van der Waals surface area (Å²) in [6.45, 7) is 0.623. The largest absolute Gasteiger partial charge is 0.325 e. The molecular weight excluding hydrogens is 384 g/mol. The lowest BCUT2D eigenvalue weighted by Crippen LogP contribution is -2.52. The van der Waals surface area contributed by atoms with Gasteiger partial charge in [0.1, 0.15) is 6.04 Å². The van der Waals surface area contributed by atoms with Crippen LogP contribution in [0.5, 0.6) is 0 Å². The summed E-state index contributed by atoms with van der Waals surface area (Å²) in [6, 6.07) is 4.00. The summed E-state index contributed by atoms with van der Waals surface area (Å²) in [5.41, 5.74) is 8.01. The van der Waals surface area contributed by atoms with Crippen LogP contribution >= 0.6 is 0 Å². The number of nitrogens with two attached hydrogens (primary N) is 1. The maximum atomic E-state index is 13.0. The molecule has 0 saturated carbocycles. The van der Waals surface area contributed by atoms with Crippen LogP contribution in [0.1, 0.15) is 34.3 Å². The van der Waals surface area contributed by atoms with Crippen molar-refractivity contribution in [3.05, 3.63) is 34.9 Å². The van der Waals surface area contributed by atoms with E-state index in [9.17, 15) is 22.8 Å². The Labute approximate surface area is 162 Å². The lowest BCUT2D eigenvalue weighted by Gasteiger charge is -2.29. The molecule has 2 fully saturated rings. The third-order valence-electron chi connectivity index (χ3n) is 5.59. The molecule has 0 spiro atoms. The van der Waals surface area contributed by atoms with E-state index in [0.29, 0.717) is 25.1 Å². The van der Waals surface area contributed by atoms with Gasteiger partial charge in [0.15, 0.2) is 9.84 Å². The highest BCUT2D eigenvalue weighted by Crippen LogP contribution is 2.30. The number of rotatable bonds is 4. The van der Waals surface area contributed by atoms with Gasteiger partial charge in [-0.25, -0.2) is 8.42 Å². The highest BCUT2D eigenvalue weighted by Gasteiger charge is 2.40. The average molecular weight is 406 g/mol. The second-order valence-electron chi connectivity index (χ2n) is 7.58. The van der Waals surface area contributed by atoms with Gasteiger partial charge >= 0.3 is 0 Å². The van der Waals surface area contributed by atoms with E-state index in [1.807, 2.05) is 18.2 Å². The summed E-state index contributed by atoms with van der Waals surface area (Å²) in [5.74, 6) is -1.07. The standard InChI is InChI=1S/C18H22N4O5S/c19-12-8-28(26,27)9-13(12)20-6-10-2-1-3-11-7-22(18(25)16(10)11)14-4-5-15(23)21-17(14)24/h1-3,12-14,20H,4-9,19H2,(H,21,23,24). The van der Waals surface area contributed by atoms with Crippen LogP contribution in [0.15, 0.2) is 18.2 Å². The first-order valence-electron chi connectivity index (χ1n) is 9.20. The van der Waals surface area contributed by atoms with Gasteiger partial charge in [-0.15, -0.1) is 0 Å². The van der Waals surface area contributed by atoms with Crippen LogP contribution in [-0.4, -0.2) is 60.7 Å². The summed E-state index contributed by atoms with van der Waals surface area (Å²) in [5, 5.41) is 5.45. The lowest BCUT2D eigenvalue weighted by molar-refractivity contribution is -0.136. The number of hydrogen-bond acceptors (Lipinski definition) is 7. The molecule has 4 N–H and O–H groups in total. The van der Waals surface area contributed by atoms with Crippen molar-refractivity contribution in [1.29, 1.82) is 0 Å². The number of benzene rings is 1. The summed E-state index contributed by atoms with van der Waals surface area (Å²) >= 11 is 0. The van der Waals surface area contributed by atoms with E-state index >= 15 is 0 Å². The van der Waals surface area contributed by atoms with Crippen molar-refractivity contribution in [3.8, 4) is 0 Å². The zero-order chi connectivity index (χ0) is 20.1. The van der Waals surface area contributed by atoms with E-state index in [1.54, 1.807) is 0 Å². The Kier molecular flexibility index (Phi) is 4.72. The Morgan fingerprint density at radius 3 is 2.68 bits per heavy atom. The van der Waals surface area contributed by atoms with Gasteiger partial charge in [-0.2, -0.15) is 0 Å². The van der Waals surface area contributed by atoms with E-state index in [2.05, 4.69) is 10.6 Å². The van der Waals surface area contributed by atoms with Gasteiger partial charge < -0.3 is 16.0 Å². The molecule has 9 nitrogen and oxygen atoms in total. The first-order valence-corrected chi connectivity index (χ1v) is 11.0. The minimum Gasteiger partial charge on any atom is -0.325 e. The fourth-order valence-corrected chi connectivity index (χ4v) is 6.03. The number of nitrogens with one attached hydrogen (secondary N) is 2. The summed E-state index contributed by atoms with van der Waals surface area (Å²) in [4.78, 5) is 38.1. The molecule has 4 rings (SSSR count). The first-order chi connectivity index (χ1) is 13.2. The molecule has 2 saturated heterocycles. The molecule has 0 aliphatic carbocycles. The van der Waals surface area contributed by atoms with Crippen molar-refractivity contribution in [2.24, 2.45) is 5.73 Å². The third kappa shape index (κ3) is 3.43. The maximum Gasteiger partial charge on any atom is 0.255 e. The number of imide groups is 1. The van der Waals surface area contributed by atoms with Crippen molar-refractivity contribution in [3.63, 3.8) is 0 Å². The van der Waals surface area contributed by atoms with Gasteiger partial charge in [-0.3, -0.25) is 19.7 Å². The van der Waals surface area contributed by atoms with Crippen LogP contribution in [0.2, 0.25) is 0 Å². The lowest BCUT2D eigenvalue weighted by atomic mass is 10.0. The van der Waals surface area contributed by atoms with Crippen molar-refractivity contribution in [1.82, 2.24) is 15.5 Å². The molecule has 3 amide bonds. The Morgan fingerprint density at radius 1 is 1.21 bits per heavy atom. The monoisotopic (exact) mass is 406 g/mol. The smallest absolute Gasteiger partial charge is 0.255 e. The number of carbonyl (C=O) groups is 3. The second kappa shape index (κ2) is 6.94. The van der Waals surface area contributed by atoms with Crippen LogP contribution < -0.4 is 16.4 Å². The normalized spacial score (nSPS) is 29.1. The minimum atomic E-state index is -3.14. The molecule has 1 aromatic carbocycles. The summed E-state index contributed by atoms with van der Waals surface area (Å²) in [7, 11) is -3.14. The van der Waals surface area contributed by atoms with Crippen molar-refractivity contribution >= 4 is 27.6 Å². The van der Waals surface area contributed by atoms with E-state index in [1.165, 1.54) is 4.90 Å². The number of nitrogens with zero attached hydrogens (tertiary/aromatic N) is 1. The Morgan fingerprint density at radius 2 is 2.00 bits per heavy atom. The number of piperidine rings is 1. The summed E-state index contributed by atoms with van der Waals surface area (Å²) < 4.78 is 23.5. The summed E-state index contributed by atoms with van der Waals surface area (Å²) in [6.07, 6.45) is 0.520. The molecule has 3 aliphatic rings. The fourth-order valence-electron chi connectivity index (χ4n) is 4.16. The second-order valence-corrected chi connectivity index (χ2v) is 9.73. The Balaban J connectivity index is 1.51. The molecule has 3 aliphatic heterocycles. The molecule has 3 unspecified atom stereocenters. The van der Waals surface area contributed by atoms with Gasteiger partial charge in [0, 0.05) is 37.2 Å². The maximum absolute atomic E-state index is 13.0. The van der Waals surface area contributed by atoms with E-state index < -0.39 is 27.8 Å². The quantitative estimate of drug-likeness (QED) is 0.526. The van der Waals surface area contributed by atoms with Crippen LogP contribution in [0.4, 0.5) is 0 Å². The predicted octanol–water partition coefficient (Wildman–Crippen LogP) is -1.34. The zero-order valence-corrected chi connectivity index (χ0v) is 16.0. The van der Waals surface area contributed by atoms with Gasteiger partial charge in [-0.05, 0) is 17.5 Å².